The van der Waals surface area contributed by atoms with E-state index in [2.05, 4.69) is 21.1 Å². The molecule has 0 rings (SSSR count). The highest BCUT2D eigenvalue weighted by Gasteiger charge is 2.07. The second kappa shape index (κ2) is 5.81. The number of esters is 1. The summed E-state index contributed by atoms with van der Waals surface area (Å²) in [5, 5.41) is 0. The van der Waals surface area contributed by atoms with E-state index in [1.54, 1.807) is 6.08 Å². The van der Waals surface area contributed by atoms with Crippen LogP contribution in [0.1, 0.15) is 20.3 Å². The van der Waals surface area contributed by atoms with Gasteiger partial charge in [-0.2, -0.15) is 0 Å². The predicted molar refractivity (Wildman–Crippen MR) is 57.9 cm³/mol. The van der Waals surface area contributed by atoms with Gasteiger partial charge in [0.2, 0.25) is 0 Å². The lowest BCUT2D eigenvalue weighted by atomic mass is 10.2. The molecule has 0 amide bonds. The van der Waals surface area contributed by atoms with Gasteiger partial charge in [-0.1, -0.05) is 12.5 Å². The Morgan fingerprint density at radius 3 is 2.36 bits per heavy atom. The van der Waals surface area contributed by atoms with Crippen molar-refractivity contribution in [3.8, 4) is 0 Å². The second-order valence-corrected chi connectivity index (χ2v) is 4.53. The third-order valence-corrected chi connectivity index (χ3v) is 1.93. The summed E-state index contributed by atoms with van der Waals surface area (Å²) in [6, 6.07) is 0. The van der Waals surface area contributed by atoms with Gasteiger partial charge in [-0.25, -0.2) is 4.79 Å². The molecule has 0 radical (unpaired) electrons. The Kier molecular flexibility index (Phi) is 5.46. The zero-order chi connectivity index (χ0) is 11.2. The quantitative estimate of drug-likeness (QED) is 0.383. The van der Waals surface area contributed by atoms with Gasteiger partial charge >= 0.3 is 5.97 Å². The molecule has 0 aliphatic heterocycles. The number of rotatable bonds is 5. The minimum absolute atomic E-state index is 0.224. The van der Waals surface area contributed by atoms with Crippen LogP contribution in [0.3, 0.4) is 0 Å². The highest BCUT2D eigenvalue weighted by Crippen LogP contribution is 1.98. The van der Waals surface area contributed by atoms with Crippen molar-refractivity contribution in [3.05, 3.63) is 11.6 Å². The summed E-state index contributed by atoms with van der Waals surface area (Å²) in [6.07, 6.45) is 2.46. The molecule has 82 valence electrons. The summed E-state index contributed by atoms with van der Waals surface area (Å²) in [7, 11) is 6.21. The maximum Gasteiger partial charge on any atom is 0.330 e. The fourth-order valence-electron chi connectivity index (χ4n) is 0.765. The van der Waals surface area contributed by atoms with Gasteiger partial charge in [0.15, 0.2) is 0 Å². The maximum atomic E-state index is 11.2. The van der Waals surface area contributed by atoms with Crippen LogP contribution < -0.4 is 0 Å². The van der Waals surface area contributed by atoms with Crippen molar-refractivity contribution in [2.24, 2.45) is 0 Å². The monoisotopic (exact) mass is 200 g/mol. The Morgan fingerprint density at radius 2 is 1.93 bits per heavy atom. The molecular weight excluding hydrogens is 178 g/mol. The zero-order valence-electron chi connectivity index (χ0n) is 9.96. The molecule has 0 saturated carbocycles. The van der Waals surface area contributed by atoms with Gasteiger partial charge in [-0.3, -0.25) is 0 Å². The molecule has 3 heteroatoms. The van der Waals surface area contributed by atoms with E-state index in [4.69, 9.17) is 4.74 Å². The normalized spacial score (nSPS) is 12.8. The number of likely N-dealkylation sites (N-methyl/N-ethyl adjacent to an activating group) is 1. The van der Waals surface area contributed by atoms with Crippen molar-refractivity contribution in [1.29, 1.82) is 0 Å². The van der Waals surface area contributed by atoms with E-state index in [9.17, 15) is 4.79 Å². The van der Waals surface area contributed by atoms with Crippen molar-refractivity contribution in [1.82, 2.24) is 0 Å². The Labute approximate surface area is 86.9 Å². The van der Waals surface area contributed by atoms with E-state index in [0.717, 1.165) is 23.0 Å². The molecule has 0 bridgehead atoms. The average Bonchev–Trinajstić information content (AvgIpc) is 2.01. The van der Waals surface area contributed by atoms with Crippen LogP contribution >= 0.6 is 0 Å². The first kappa shape index (κ1) is 13.2. The first-order valence-corrected chi connectivity index (χ1v) is 4.99. The third-order valence-electron chi connectivity index (χ3n) is 1.93. The molecule has 0 N–H and O–H groups in total. The minimum atomic E-state index is -0.224. The van der Waals surface area contributed by atoms with Gasteiger partial charge < -0.3 is 9.22 Å². The SMILES string of the molecule is CC/C(C)=C/C(=O)OCC[N+](C)(C)C. The number of nitrogens with zero attached hydrogens (tertiary/aromatic N) is 1. The summed E-state index contributed by atoms with van der Waals surface area (Å²) < 4.78 is 5.87. The average molecular weight is 200 g/mol. The second-order valence-electron chi connectivity index (χ2n) is 4.53. The van der Waals surface area contributed by atoms with Crippen LogP contribution in [0, 0.1) is 0 Å². The molecule has 0 spiro atoms. The molecule has 0 aromatic rings. The topological polar surface area (TPSA) is 26.3 Å². The van der Waals surface area contributed by atoms with Crippen molar-refractivity contribution in [3.63, 3.8) is 0 Å². The largest absolute Gasteiger partial charge is 0.457 e. The molecule has 0 saturated heterocycles. The van der Waals surface area contributed by atoms with Crippen molar-refractivity contribution in [2.45, 2.75) is 20.3 Å². The van der Waals surface area contributed by atoms with Crippen LogP contribution in [0.25, 0.3) is 0 Å². The van der Waals surface area contributed by atoms with Crippen molar-refractivity contribution in [2.75, 3.05) is 34.3 Å². The number of hydrogen-bond acceptors (Lipinski definition) is 2. The van der Waals surface area contributed by atoms with Gasteiger partial charge in [0, 0.05) is 6.08 Å². The number of carbonyl (C=O) groups excluding carboxylic acids is 1. The van der Waals surface area contributed by atoms with E-state index < -0.39 is 0 Å². The molecule has 0 aromatic heterocycles. The van der Waals surface area contributed by atoms with Crippen LogP contribution in [-0.4, -0.2) is 44.7 Å². The summed E-state index contributed by atoms with van der Waals surface area (Å²) in [5.41, 5.74) is 1.06. The third kappa shape index (κ3) is 7.80. The number of carbonyl (C=O) groups is 1. The smallest absolute Gasteiger partial charge is 0.330 e. The van der Waals surface area contributed by atoms with Crippen LogP contribution in [0.2, 0.25) is 0 Å². The molecule has 0 aromatic carbocycles. The molecule has 0 aliphatic carbocycles. The highest BCUT2D eigenvalue weighted by molar-refractivity contribution is 5.82. The first-order valence-electron chi connectivity index (χ1n) is 4.99. The lowest BCUT2D eigenvalue weighted by Crippen LogP contribution is -2.37. The Balaban J connectivity index is 3.76. The molecule has 3 nitrogen and oxygen atoms in total. The lowest BCUT2D eigenvalue weighted by molar-refractivity contribution is -0.870. The van der Waals surface area contributed by atoms with Crippen molar-refractivity contribution < 1.29 is 14.0 Å². The van der Waals surface area contributed by atoms with Crippen LogP contribution in [0.15, 0.2) is 11.6 Å². The van der Waals surface area contributed by atoms with E-state index in [1.165, 1.54) is 0 Å². The van der Waals surface area contributed by atoms with E-state index in [0.29, 0.717) is 6.61 Å². The summed E-state index contributed by atoms with van der Waals surface area (Å²) >= 11 is 0. The van der Waals surface area contributed by atoms with Crippen LogP contribution in [0.5, 0.6) is 0 Å². The number of quaternary nitrogens is 1. The van der Waals surface area contributed by atoms with Gasteiger partial charge in [0.05, 0.1) is 21.1 Å². The summed E-state index contributed by atoms with van der Waals surface area (Å²) in [6.45, 7) is 5.27. The number of ether oxygens (including phenoxy) is 1. The molecule has 0 aliphatic rings. The highest BCUT2D eigenvalue weighted by atomic mass is 16.5. The molecule has 14 heavy (non-hydrogen) atoms. The molecule has 0 atom stereocenters. The molecule has 0 unspecified atom stereocenters. The summed E-state index contributed by atoms with van der Waals surface area (Å²) in [5.74, 6) is -0.224. The minimum Gasteiger partial charge on any atom is -0.457 e. The van der Waals surface area contributed by atoms with Crippen molar-refractivity contribution >= 4 is 5.97 Å². The van der Waals surface area contributed by atoms with E-state index in [1.807, 2.05) is 13.8 Å². The van der Waals surface area contributed by atoms with E-state index in [-0.39, 0.29) is 5.97 Å². The van der Waals surface area contributed by atoms with E-state index >= 15 is 0 Å². The van der Waals surface area contributed by atoms with Gasteiger partial charge in [-0.05, 0) is 13.3 Å². The van der Waals surface area contributed by atoms with Gasteiger partial charge in [0.25, 0.3) is 0 Å². The summed E-state index contributed by atoms with van der Waals surface area (Å²) in [4.78, 5) is 11.2. The zero-order valence-corrected chi connectivity index (χ0v) is 9.96. The number of hydrogen-bond donors (Lipinski definition) is 0. The number of allylic oxidation sites excluding steroid dienone is 1. The molecular formula is C11H22NO2+. The molecule has 0 fully saturated rings. The van der Waals surface area contributed by atoms with Crippen LogP contribution in [-0.2, 0) is 9.53 Å². The fraction of sp³-hybridized carbons (Fsp3) is 0.727. The Morgan fingerprint density at radius 1 is 1.36 bits per heavy atom. The maximum absolute atomic E-state index is 11.2. The fourth-order valence-corrected chi connectivity index (χ4v) is 0.765. The van der Waals surface area contributed by atoms with Crippen LogP contribution in [0.4, 0.5) is 0 Å². The predicted octanol–water partition coefficient (Wildman–Crippen LogP) is 1.59. The van der Waals surface area contributed by atoms with Gasteiger partial charge in [-0.15, -0.1) is 0 Å². The van der Waals surface area contributed by atoms with Gasteiger partial charge in [0.1, 0.15) is 13.2 Å². The standard InChI is InChI=1S/C11H22NO2/c1-6-10(2)9-11(13)14-8-7-12(3,4)5/h9H,6-8H2,1-5H3/q+1/b10-9+. The Bertz CT molecular complexity index is 214. The molecule has 0 heterocycles. The first-order chi connectivity index (χ1) is 6.35. The Hall–Kier alpha value is -0.830. The lowest BCUT2D eigenvalue weighted by Gasteiger charge is -2.23.